The van der Waals surface area contributed by atoms with Gasteiger partial charge < -0.3 is 10.5 Å². The molecule has 0 radical (unpaired) electrons. The summed E-state index contributed by atoms with van der Waals surface area (Å²) in [4.78, 5) is 4.19. The van der Waals surface area contributed by atoms with Crippen molar-refractivity contribution in [3.63, 3.8) is 0 Å². The largest absolute Gasteiger partial charge is 0.387 e. The van der Waals surface area contributed by atoms with Crippen molar-refractivity contribution in [2.45, 2.75) is 32.7 Å². The van der Waals surface area contributed by atoms with Crippen molar-refractivity contribution < 1.29 is 4.74 Å². The molecule has 0 rings (SSSR count). The molecule has 0 aliphatic rings. The minimum Gasteiger partial charge on any atom is -0.387 e. The van der Waals surface area contributed by atoms with Crippen LogP contribution in [0.25, 0.3) is 0 Å². The fourth-order valence-corrected chi connectivity index (χ4v) is 0.794. The Balaban J connectivity index is 3.43. The highest BCUT2D eigenvalue weighted by Gasteiger charge is 1.93. The highest BCUT2D eigenvalue weighted by atomic mass is 16.5. The van der Waals surface area contributed by atoms with Gasteiger partial charge in [0.25, 0.3) is 0 Å². The second kappa shape index (κ2) is 6.16. The summed E-state index contributed by atoms with van der Waals surface area (Å²) in [6, 6.07) is 0.303. The van der Waals surface area contributed by atoms with Crippen LogP contribution in [-0.4, -0.2) is 25.6 Å². The van der Waals surface area contributed by atoms with Crippen LogP contribution in [0.1, 0.15) is 26.7 Å². The lowest BCUT2D eigenvalue weighted by Gasteiger charge is -2.02. The van der Waals surface area contributed by atoms with Gasteiger partial charge in [-0.05, 0) is 20.3 Å². The predicted octanol–water partition coefficient (Wildman–Crippen LogP) is 1.18. The van der Waals surface area contributed by atoms with E-state index in [1.807, 2.05) is 13.8 Å². The molecule has 3 heteroatoms. The van der Waals surface area contributed by atoms with E-state index in [0.29, 0.717) is 6.04 Å². The van der Waals surface area contributed by atoms with Crippen molar-refractivity contribution in [2.75, 3.05) is 13.7 Å². The SMILES string of the molecule is COCCCC(N)=NC(C)C. The maximum Gasteiger partial charge on any atom is 0.0941 e. The van der Waals surface area contributed by atoms with Gasteiger partial charge in [-0.25, -0.2) is 0 Å². The maximum absolute atomic E-state index is 5.61. The van der Waals surface area contributed by atoms with Crippen molar-refractivity contribution in [1.82, 2.24) is 0 Å². The average molecular weight is 158 g/mol. The summed E-state index contributed by atoms with van der Waals surface area (Å²) in [6.07, 6.45) is 1.80. The average Bonchev–Trinajstić information content (AvgIpc) is 1.86. The minimum atomic E-state index is 0.303. The van der Waals surface area contributed by atoms with Gasteiger partial charge in [-0.3, -0.25) is 4.99 Å². The van der Waals surface area contributed by atoms with Gasteiger partial charge in [-0.15, -0.1) is 0 Å². The van der Waals surface area contributed by atoms with Crippen LogP contribution in [0, 0.1) is 0 Å². The molecule has 0 aliphatic heterocycles. The number of ether oxygens (including phenoxy) is 1. The Hall–Kier alpha value is -0.570. The fraction of sp³-hybridized carbons (Fsp3) is 0.875. The molecule has 0 fully saturated rings. The number of aliphatic imine (C=N–C) groups is 1. The molecule has 66 valence electrons. The standard InChI is InChI=1S/C8H18N2O/c1-7(2)10-8(9)5-4-6-11-3/h7H,4-6H2,1-3H3,(H2,9,10). The van der Waals surface area contributed by atoms with Gasteiger partial charge in [0.15, 0.2) is 0 Å². The number of nitrogens with two attached hydrogens (primary N) is 1. The molecule has 0 aromatic heterocycles. The Labute approximate surface area is 68.6 Å². The molecule has 0 spiro atoms. The molecule has 0 bridgehead atoms. The summed E-state index contributed by atoms with van der Waals surface area (Å²) < 4.78 is 4.89. The lowest BCUT2D eigenvalue weighted by Crippen LogP contribution is -2.14. The van der Waals surface area contributed by atoms with Crippen molar-refractivity contribution in [1.29, 1.82) is 0 Å². The molecule has 3 nitrogen and oxygen atoms in total. The van der Waals surface area contributed by atoms with Gasteiger partial charge >= 0.3 is 0 Å². The molecule has 0 saturated heterocycles. The number of nitrogens with zero attached hydrogens (tertiary/aromatic N) is 1. The quantitative estimate of drug-likeness (QED) is 0.371. The predicted molar refractivity (Wildman–Crippen MR) is 47.9 cm³/mol. The number of hydrogen-bond acceptors (Lipinski definition) is 2. The molecule has 2 N–H and O–H groups in total. The summed E-state index contributed by atoms with van der Waals surface area (Å²) in [5, 5.41) is 0. The van der Waals surface area contributed by atoms with Gasteiger partial charge in [0.2, 0.25) is 0 Å². The van der Waals surface area contributed by atoms with E-state index in [2.05, 4.69) is 4.99 Å². The van der Waals surface area contributed by atoms with E-state index in [-0.39, 0.29) is 0 Å². The molecule has 0 heterocycles. The van der Waals surface area contributed by atoms with Gasteiger partial charge in [0.1, 0.15) is 0 Å². The first-order valence-electron chi connectivity index (χ1n) is 3.98. The van der Waals surface area contributed by atoms with Crippen LogP contribution in [0.2, 0.25) is 0 Å². The zero-order valence-corrected chi connectivity index (χ0v) is 7.63. The van der Waals surface area contributed by atoms with Gasteiger partial charge in [0.05, 0.1) is 5.84 Å². The van der Waals surface area contributed by atoms with E-state index < -0.39 is 0 Å². The molecular formula is C8H18N2O. The van der Waals surface area contributed by atoms with Gasteiger partial charge in [-0.2, -0.15) is 0 Å². The second-order valence-electron chi connectivity index (χ2n) is 2.81. The Morgan fingerprint density at radius 2 is 2.18 bits per heavy atom. The molecule has 0 aliphatic carbocycles. The zero-order valence-electron chi connectivity index (χ0n) is 7.63. The van der Waals surface area contributed by atoms with E-state index in [1.165, 1.54) is 0 Å². The highest BCUT2D eigenvalue weighted by Crippen LogP contribution is 1.92. The van der Waals surface area contributed by atoms with Crippen LogP contribution >= 0.6 is 0 Å². The first-order chi connectivity index (χ1) is 5.16. The van der Waals surface area contributed by atoms with E-state index in [4.69, 9.17) is 10.5 Å². The van der Waals surface area contributed by atoms with Crippen molar-refractivity contribution in [3.05, 3.63) is 0 Å². The number of rotatable bonds is 5. The second-order valence-corrected chi connectivity index (χ2v) is 2.81. The smallest absolute Gasteiger partial charge is 0.0941 e. The summed E-state index contributed by atoms with van der Waals surface area (Å²) in [5.41, 5.74) is 5.61. The van der Waals surface area contributed by atoms with Gasteiger partial charge in [0, 0.05) is 26.2 Å². The normalized spacial score (nSPS) is 12.5. The molecule has 11 heavy (non-hydrogen) atoms. The monoisotopic (exact) mass is 158 g/mol. The van der Waals surface area contributed by atoms with Crippen LogP contribution in [0.15, 0.2) is 4.99 Å². The Morgan fingerprint density at radius 3 is 2.64 bits per heavy atom. The first-order valence-corrected chi connectivity index (χ1v) is 3.98. The minimum absolute atomic E-state index is 0.303. The molecule has 0 amide bonds. The Morgan fingerprint density at radius 1 is 1.55 bits per heavy atom. The molecular weight excluding hydrogens is 140 g/mol. The number of hydrogen-bond donors (Lipinski definition) is 1. The van der Waals surface area contributed by atoms with E-state index in [1.54, 1.807) is 7.11 Å². The Bertz CT molecular complexity index is 121. The zero-order chi connectivity index (χ0) is 8.69. The van der Waals surface area contributed by atoms with Crippen LogP contribution in [0.3, 0.4) is 0 Å². The molecule has 0 aromatic carbocycles. The third-order valence-corrected chi connectivity index (χ3v) is 1.21. The van der Waals surface area contributed by atoms with Crippen LogP contribution in [0.5, 0.6) is 0 Å². The van der Waals surface area contributed by atoms with Crippen LogP contribution in [0.4, 0.5) is 0 Å². The third kappa shape index (κ3) is 7.33. The van der Waals surface area contributed by atoms with E-state index >= 15 is 0 Å². The summed E-state index contributed by atoms with van der Waals surface area (Å²) in [7, 11) is 1.69. The van der Waals surface area contributed by atoms with Crippen molar-refractivity contribution in [3.8, 4) is 0 Å². The molecule has 0 atom stereocenters. The topological polar surface area (TPSA) is 47.6 Å². The summed E-state index contributed by atoms with van der Waals surface area (Å²) >= 11 is 0. The van der Waals surface area contributed by atoms with Crippen LogP contribution in [-0.2, 0) is 4.74 Å². The van der Waals surface area contributed by atoms with Gasteiger partial charge in [-0.1, -0.05) is 0 Å². The lowest BCUT2D eigenvalue weighted by atomic mass is 10.3. The highest BCUT2D eigenvalue weighted by molar-refractivity contribution is 5.80. The Kier molecular flexibility index (Phi) is 5.84. The third-order valence-electron chi connectivity index (χ3n) is 1.21. The number of amidine groups is 1. The van der Waals surface area contributed by atoms with E-state index in [0.717, 1.165) is 25.3 Å². The lowest BCUT2D eigenvalue weighted by molar-refractivity contribution is 0.196. The molecule has 0 unspecified atom stereocenters. The maximum atomic E-state index is 5.61. The molecule has 0 aromatic rings. The van der Waals surface area contributed by atoms with E-state index in [9.17, 15) is 0 Å². The van der Waals surface area contributed by atoms with Crippen molar-refractivity contribution in [2.24, 2.45) is 10.7 Å². The molecule has 0 saturated carbocycles. The number of methoxy groups -OCH3 is 1. The first kappa shape index (κ1) is 10.4. The van der Waals surface area contributed by atoms with Crippen LogP contribution < -0.4 is 5.73 Å². The summed E-state index contributed by atoms with van der Waals surface area (Å²) in [5.74, 6) is 0.733. The van der Waals surface area contributed by atoms with Crippen molar-refractivity contribution >= 4 is 5.84 Å². The fourth-order valence-electron chi connectivity index (χ4n) is 0.794. The summed E-state index contributed by atoms with van der Waals surface area (Å²) in [6.45, 7) is 4.79.